The summed E-state index contributed by atoms with van der Waals surface area (Å²) in [6.07, 6.45) is 3.21. The highest BCUT2D eigenvalue weighted by Gasteiger charge is 2.31. The van der Waals surface area contributed by atoms with Gasteiger partial charge in [0.15, 0.2) is 0 Å². The van der Waals surface area contributed by atoms with Crippen LogP contribution in [0.15, 0.2) is 0 Å². The Balaban J connectivity index is 2.24. The summed E-state index contributed by atoms with van der Waals surface area (Å²) in [5.41, 5.74) is 0.0415. The van der Waals surface area contributed by atoms with E-state index in [1.54, 1.807) is 0 Å². The highest BCUT2D eigenvalue weighted by Crippen LogP contribution is 2.27. The molecule has 1 N–H and O–H groups in total. The van der Waals surface area contributed by atoms with Gasteiger partial charge in [-0.3, -0.25) is 4.21 Å². The highest BCUT2D eigenvalue weighted by atomic mass is 32.2. The maximum atomic E-state index is 11.3. The van der Waals surface area contributed by atoms with E-state index in [1.165, 1.54) is 0 Å². The molecular formula is C12H25NO2S. The molecule has 1 heterocycles. The molecule has 1 rings (SSSR count). The molecule has 0 radical (unpaired) electrons. The van der Waals surface area contributed by atoms with E-state index < -0.39 is 10.8 Å². The molecule has 1 aliphatic heterocycles. The third kappa shape index (κ3) is 4.52. The van der Waals surface area contributed by atoms with Crippen LogP contribution in [0.4, 0.5) is 0 Å². The lowest BCUT2D eigenvalue weighted by atomic mass is 9.90. The van der Waals surface area contributed by atoms with Gasteiger partial charge in [0.25, 0.3) is 0 Å². The molecule has 1 saturated heterocycles. The van der Waals surface area contributed by atoms with Crippen molar-refractivity contribution in [3.8, 4) is 0 Å². The average molecular weight is 247 g/mol. The summed E-state index contributed by atoms with van der Waals surface area (Å²) in [6.45, 7) is 8.04. The Hall–Kier alpha value is 0.0700. The van der Waals surface area contributed by atoms with E-state index in [9.17, 15) is 4.21 Å². The molecule has 3 unspecified atom stereocenters. The van der Waals surface area contributed by atoms with E-state index in [2.05, 4.69) is 19.2 Å². The van der Waals surface area contributed by atoms with Crippen molar-refractivity contribution in [3.63, 3.8) is 0 Å². The van der Waals surface area contributed by atoms with Crippen LogP contribution in [0.1, 0.15) is 40.0 Å². The topological polar surface area (TPSA) is 38.3 Å². The Morgan fingerprint density at radius 3 is 2.88 bits per heavy atom. The largest absolute Gasteiger partial charge is 0.375 e. The van der Waals surface area contributed by atoms with Crippen LogP contribution >= 0.6 is 0 Å². The van der Waals surface area contributed by atoms with Gasteiger partial charge in [-0.1, -0.05) is 13.8 Å². The smallest absolute Gasteiger partial charge is 0.0666 e. The molecule has 96 valence electrons. The summed E-state index contributed by atoms with van der Waals surface area (Å²) in [5, 5.41) is 3.50. The normalized spacial score (nSPS) is 32.6. The van der Waals surface area contributed by atoms with Crippen LogP contribution in [0, 0.1) is 0 Å². The first kappa shape index (κ1) is 14.1. The number of rotatable bonds is 6. The standard InChI is InChI=1S/C12H25NO2S/c1-4-12(3)10-11(6-8-15-12)13-7-9-16(14)5-2/h11,13H,4-10H2,1-3H3. The van der Waals surface area contributed by atoms with Crippen LogP contribution in [0.2, 0.25) is 0 Å². The molecule has 0 amide bonds. The van der Waals surface area contributed by atoms with E-state index >= 15 is 0 Å². The molecule has 4 heteroatoms. The monoisotopic (exact) mass is 247 g/mol. The molecule has 0 aromatic carbocycles. The molecular weight excluding hydrogens is 222 g/mol. The maximum Gasteiger partial charge on any atom is 0.0666 e. The molecule has 3 nitrogen and oxygen atoms in total. The molecule has 0 aromatic rings. The van der Waals surface area contributed by atoms with Gasteiger partial charge in [-0.25, -0.2) is 0 Å². The first-order valence-electron chi connectivity index (χ1n) is 6.32. The molecule has 1 fully saturated rings. The molecule has 0 spiro atoms. The molecule has 3 atom stereocenters. The minimum atomic E-state index is -0.646. The van der Waals surface area contributed by atoms with Crippen molar-refractivity contribution in [2.45, 2.75) is 51.7 Å². The first-order chi connectivity index (χ1) is 7.59. The number of hydrogen-bond donors (Lipinski definition) is 1. The van der Waals surface area contributed by atoms with Gasteiger partial charge in [0.05, 0.1) is 5.60 Å². The van der Waals surface area contributed by atoms with E-state index in [-0.39, 0.29) is 5.60 Å². The Morgan fingerprint density at radius 2 is 2.25 bits per heavy atom. The van der Waals surface area contributed by atoms with Crippen molar-refractivity contribution in [1.29, 1.82) is 0 Å². The van der Waals surface area contributed by atoms with Crippen LogP contribution in [0.25, 0.3) is 0 Å². The predicted molar refractivity (Wildman–Crippen MR) is 69.2 cm³/mol. The first-order valence-corrected chi connectivity index (χ1v) is 7.80. The van der Waals surface area contributed by atoms with Crippen LogP contribution in [-0.2, 0) is 15.5 Å². The van der Waals surface area contributed by atoms with Crippen molar-refractivity contribution in [1.82, 2.24) is 5.32 Å². The molecule has 0 bridgehead atoms. The lowest BCUT2D eigenvalue weighted by molar-refractivity contribution is -0.0776. The lowest BCUT2D eigenvalue weighted by Gasteiger charge is -2.38. The Kier molecular flexibility index (Phi) is 5.94. The van der Waals surface area contributed by atoms with Crippen molar-refractivity contribution >= 4 is 10.8 Å². The fourth-order valence-electron chi connectivity index (χ4n) is 2.07. The van der Waals surface area contributed by atoms with Crippen LogP contribution in [0.3, 0.4) is 0 Å². The van der Waals surface area contributed by atoms with Crippen LogP contribution in [-0.4, -0.2) is 40.5 Å². The van der Waals surface area contributed by atoms with Crippen molar-refractivity contribution in [2.24, 2.45) is 0 Å². The Labute approximate surface area is 102 Å². The second kappa shape index (κ2) is 6.72. The van der Waals surface area contributed by atoms with Crippen molar-refractivity contribution in [3.05, 3.63) is 0 Å². The second-order valence-electron chi connectivity index (χ2n) is 4.73. The molecule has 1 aliphatic rings. The lowest BCUT2D eigenvalue weighted by Crippen LogP contribution is -2.45. The van der Waals surface area contributed by atoms with Gasteiger partial charge in [0, 0.05) is 41.5 Å². The number of ether oxygens (including phenoxy) is 1. The summed E-state index contributed by atoms with van der Waals surface area (Å²) in [4.78, 5) is 0. The SMILES string of the molecule is CCS(=O)CCNC1CCOC(C)(CC)C1. The van der Waals surface area contributed by atoms with Gasteiger partial charge in [-0.2, -0.15) is 0 Å². The number of nitrogens with one attached hydrogen (secondary N) is 1. The van der Waals surface area contributed by atoms with Gasteiger partial charge in [0.1, 0.15) is 0 Å². The maximum absolute atomic E-state index is 11.3. The minimum Gasteiger partial charge on any atom is -0.375 e. The third-order valence-electron chi connectivity index (χ3n) is 3.43. The van der Waals surface area contributed by atoms with Gasteiger partial charge in [-0.15, -0.1) is 0 Å². The second-order valence-corrected chi connectivity index (χ2v) is 6.59. The number of hydrogen-bond acceptors (Lipinski definition) is 3. The minimum absolute atomic E-state index is 0.0415. The zero-order valence-corrected chi connectivity index (χ0v) is 11.6. The summed E-state index contributed by atoms with van der Waals surface area (Å²) >= 11 is 0. The summed E-state index contributed by atoms with van der Waals surface area (Å²) in [6, 6.07) is 0.535. The zero-order chi connectivity index (χ0) is 12.0. The third-order valence-corrected chi connectivity index (χ3v) is 4.73. The van der Waals surface area contributed by atoms with E-state index in [1.807, 2.05) is 6.92 Å². The quantitative estimate of drug-likeness (QED) is 0.776. The van der Waals surface area contributed by atoms with Gasteiger partial charge >= 0.3 is 0 Å². The summed E-state index contributed by atoms with van der Waals surface area (Å²) in [5.74, 6) is 1.54. The Bertz CT molecular complexity index is 235. The average Bonchev–Trinajstić information content (AvgIpc) is 2.29. The van der Waals surface area contributed by atoms with E-state index in [0.717, 1.165) is 43.9 Å². The zero-order valence-electron chi connectivity index (χ0n) is 10.8. The van der Waals surface area contributed by atoms with Crippen LogP contribution < -0.4 is 5.32 Å². The van der Waals surface area contributed by atoms with Crippen LogP contribution in [0.5, 0.6) is 0 Å². The van der Waals surface area contributed by atoms with E-state index in [0.29, 0.717) is 6.04 Å². The summed E-state index contributed by atoms with van der Waals surface area (Å²) < 4.78 is 17.1. The highest BCUT2D eigenvalue weighted by molar-refractivity contribution is 7.84. The van der Waals surface area contributed by atoms with Gasteiger partial charge in [-0.05, 0) is 26.2 Å². The van der Waals surface area contributed by atoms with Gasteiger partial charge < -0.3 is 10.1 Å². The van der Waals surface area contributed by atoms with E-state index in [4.69, 9.17) is 4.74 Å². The fourth-order valence-corrected chi connectivity index (χ4v) is 2.71. The molecule has 0 aromatic heterocycles. The predicted octanol–water partition coefficient (Wildman–Crippen LogP) is 1.69. The summed E-state index contributed by atoms with van der Waals surface area (Å²) in [7, 11) is -0.646. The van der Waals surface area contributed by atoms with Gasteiger partial charge in [0.2, 0.25) is 0 Å². The van der Waals surface area contributed by atoms with Crippen molar-refractivity contribution in [2.75, 3.05) is 24.7 Å². The molecule has 0 aliphatic carbocycles. The fraction of sp³-hybridized carbons (Fsp3) is 1.00. The Morgan fingerprint density at radius 1 is 1.50 bits per heavy atom. The van der Waals surface area contributed by atoms with Crippen molar-refractivity contribution < 1.29 is 8.95 Å². The molecule has 0 saturated carbocycles. The molecule has 16 heavy (non-hydrogen) atoms.